The summed E-state index contributed by atoms with van der Waals surface area (Å²) in [6, 6.07) is 6.41. The molecule has 1 aliphatic carbocycles. The van der Waals surface area contributed by atoms with Crippen molar-refractivity contribution in [3.05, 3.63) is 27.7 Å². The highest BCUT2D eigenvalue weighted by molar-refractivity contribution is 9.10. The van der Waals surface area contributed by atoms with Gasteiger partial charge in [0.05, 0.1) is 23.1 Å². The maximum atomic E-state index is 9.16. The summed E-state index contributed by atoms with van der Waals surface area (Å²) >= 11 is 3.44. The molecular weight excluding hydrogens is 254 g/mol. The van der Waals surface area contributed by atoms with Crippen molar-refractivity contribution in [2.24, 2.45) is 0 Å². The number of ether oxygens (including phenoxy) is 1. The molecule has 0 aliphatic heterocycles. The maximum Gasteiger partial charge on any atom is 0.133 e. The number of benzene rings is 1. The summed E-state index contributed by atoms with van der Waals surface area (Å²) in [4.78, 5) is 0. The monoisotopic (exact) mass is 265 g/mol. The molecule has 78 valence electrons. The fourth-order valence-corrected chi connectivity index (χ4v) is 2.51. The average molecular weight is 266 g/mol. The van der Waals surface area contributed by atoms with Crippen LogP contribution in [0.3, 0.4) is 0 Å². The van der Waals surface area contributed by atoms with Crippen molar-refractivity contribution in [3.8, 4) is 11.8 Å². The number of nitrogens with zero attached hydrogens (tertiary/aromatic N) is 1. The Morgan fingerprint density at radius 3 is 2.60 bits per heavy atom. The van der Waals surface area contributed by atoms with E-state index in [2.05, 4.69) is 22.0 Å². The number of halogens is 1. The zero-order valence-electron chi connectivity index (χ0n) is 8.80. The van der Waals surface area contributed by atoms with Gasteiger partial charge in [-0.05, 0) is 59.0 Å². The molecule has 0 N–H and O–H groups in total. The number of hydrogen-bond acceptors (Lipinski definition) is 2. The molecule has 0 bridgehead atoms. The van der Waals surface area contributed by atoms with Gasteiger partial charge in [-0.3, -0.25) is 0 Å². The number of hydrogen-bond donors (Lipinski definition) is 0. The molecule has 15 heavy (non-hydrogen) atoms. The minimum Gasteiger partial charge on any atom is -0.496 e. The van der Waals surface area contributed by atoms with Crippen molar-refractivity contribution in [2.75, 3.05) is 7.11 Å². The first-order valence-corrected chi connectivity index (χ1v) is 5.68. The zero-order chi connectivity index (χ0) is 11.1. The Kier molecular flexibility index (Phi) is 2.47. The standard InChI is InChI=1S/C12H12BrNO/c1-8-5-10(13)11(15-2)6-9(8)12(7-14)3-4-12/h5-6H,3-4H2,1-2H3. The molecular formula is C12H12BrNO. The van der Waals surface area contributed by atoms with Crippen LogP contribution >= 0.6 is 15.9 Å². The molecule has 1 aromatic carbocycles. The summed E-state index contributed by atoms with van der Waals surface area (Å²) in [5.74, 6) is 0.803. The topological polar surface area (TPSA) is 33.0 Å². The van der Waals surface area contributed by atoms with E-state index < -0.39 is 0 Å². The summed E-state index contributed by atoms with van der Waals surface area (Å²) in [5, 5.41) is 9.16. The fraction of sp³-hybridized carbons (Fsp3) is 0.417. The largest absolute Gasteiger partial charge is 0.496 e. The van der Waals surface area contributed by atoms with E-state index in [4.69, 9.17) is 10.00 Å². The van der Waals surface area contributed by atoms with Gasteiger partial charge in [0, 0.05) is 0 Å². The van der Waals surface area contributed by atoms with Gasteiger partial charge in [0.2, 0.25) is 0 Å². The first-order valence-electron chi connectivity index (χ1n) is 4.89. The molecule has 0 atom stereocenters. The minimum absolute atomic E-state index is 0.238. The third kappa shape index (κ3) is 1.63. The van der Waals surface area contributed by atoms with Gasteiger partial charge < -0.3 is 4.74 Å². The lowest BCUT2D eigenvalue weighted by molar-refractivity contribution is 0.411. The summed E-state index contributed by atoms with van der Waals surface area (Å²) < 4.78 is 6.20. The molecule has 0 radical (unpaired) electrons. The van der Waals surface area contributed by atoms with Crippen LogP contribution in [0.2, 0.25) is 0 Å². The highest BCUT2D eigenvalue weighted by Gasteiger charge is 2.46. The second kappa shape index (κ2) is 3.53. The summed E-state index contributed by atoms with van der Waals surface area (Å²) in [7, 11) is 1.64. The van der Waals surface area contributed by atoms with Crippen molar-refractivity contribution in [1.29, 1.82) is 5.26 Å². The van der Waals surface area contributed by atoms with Gasteiger partial charge >= 0.3 is 0 Å². The fourth-order valence-electron chi connectivity index (χ4n) is 1.89. The SMILES string of the molecule is COc1cc(C2(C#N)CC2)c(C)cc1Br. The van der Waals surface area contributed by atoms with E-state index in [0.29, 0.717) is 0 Å². The van der Waals surface area contributed by atoms with Crippen LogP contribution in [0.1, 0.15) is 24.0 Å². The van der Waals surface area contributed by atoms with Crippen molar-refractivity contribution >= 4 is 15.9 Å². The third-order valence-electron chi connectivity index (χ3n) is 2.98. The Bertz CT molecular complexity index is 444. The Morgan fingerprint density at radius 2 is 2.13 bits per heavy atom. The summed E-state index contributed by atoms with van der Waals surface area (Å²) in [6.45, 7) is 2.04. The van der Waals surface area contributed by atoms with Crippen LogP contribution in [0, 0.1) is 18.3 Å². The minimum atomic E-state index is -0.238. The zero-order valence-corrected chi connectivity index (χ0v) is 10.4. The van der Waals surface area contributed by atoms with Crippen LogP contribution in [0.25, 0.3) is 0 Å². The number of aryl methyl sites for hydroxylation is 1. The Hall–Kier alpha value is -1.01. The third-order valence-corrected chi connectivity index (χ3v) is 3.60. The van der Waals surface area contributed by atoms with Crippen LogP contribution in [-0.2, 0) is 5.41 Å². The molecule has 1 aliphatic rings. The van der Waals surface area contributed by atoms with E-state index in [0.717, 1.165) is 34.2 Å². The first kappa shape index (κ1) is 10.5. The van der Waals surface area contributed by atoms with E-state index in [9.17, 15) is 0 Å². The highest BCUT2D eigenvalue weighted by atomic mass is 79.9. The van der Waals surface area contributed by atoms with Crippen LogP contribution in [0.15, 0.2) is 16.6 Å². The Labute approximate surface area is 98.0 Å². The van der Waals surface area contributed by atoms with E-state index >= 15 is 0 Å². The second-order valence-electron chi connectivity index (χ2n) is 4.00. The molecule has 2 nitrogen and oxygen atoms in total. The molecule has 1 aromatic rings. The van der Waals surface area contributed by atoms with E-state index in [1.54, 1.807) is 7.11 Å². The van der Waals surface area contributed by atoms with Crippen LogP contribution < -0.4 is 4.74 Å². The van der Waals surface area contributed by atoms with Gasteiger partial charge in [-0.2, -0.15) is 5.26 Å². The lowest BCUT2D eigenvalue weighted by atomic mass is 9.93. The number of rotatable bonds is 2. The molecule has 0 spiro atoms. The molecule has 1 fully saturated rings. The van der Waals surface area contributed by atoms with Gasteiger partial charge in [-0.25, -0.2) is 0 Å². The predicted molar refractivity (Wildman–Crippen MR) is 62.0 cm³/mol. The quantitative estimate of drug-likeness (QED) is 0.822. The molecule has 0 saturated heterocycles. The normalized spacial score (nSPS) is 16.9. The van der Waals surface area contributed by atoms with E-state index in [-0.39, 0.29) is 5.41 Å². The molecule has 3 heteroatoms. The maximum absolute atomic E-state index is 9.16. The van der Waals surface area contributed by atoms with E-state index in [1.807, 2.05) is 19.1 Å². The van der Waals surface area contributed by atoms with Crippen LogP contribution in [-0.4, -0.2) is 7.11 Å². The number of methoxy groups -OCH3 is 1. The van der Waals surface area contributed by atoms with Gasteiger partial charge in [0.25, 0.3) is 0 Å². The second-order valence-corrected chi connectivity index (χ2v) is 4.85. The molecule has 0 heterocycles. The summed E-state index contributed by atoms with van der Waals surface area (Å²) in [6.07, 6.45) is 1.93. The smallest absolute Gasteiger partial charge is 0.133 e. The van der Waals surface area contributed by atoms with E-state index in [1.165, 1.54) is 0 Å². The Morgan fingerprint density at radius 1 is 1.47 bits per heavy atom. The van der Waals surface area contributed by atoms with Crippen LogP contribution in [0.4, 0.5) is 0 Å². The average Bonchev–Trinajstić information content (AvgIpc) is 2.99. The van der Waals surface area contributed by atoms with Gasteiger partial charge in [0.15, 0.2) is 0 Å². The molecule has 2 rings (SSSR count). The Balaban J connectivity index is 2.54. The van der Waals surface area contributed by atoms with Gasteiger partial charge in [0.1, 0.15) is 5.75 Å². The molecule has 0 aromatic heterocycles. The van der Waals surface area contributed by atoms with Crippen molar-refractivity contribution in [3.63, 3.8) is 0 Å². The van der Waals surface area contributed by atoms with Crippen molar-refractivity contribution < 1.29 is 4.74 Å². The summed E-state index contributed by atoms with van der Waals surface area (Å²) in [5.41, 5.74) is 2.03. The van der Waals surface area contributed by atoms with Crippen LogP contribution in [0.5, 0.6) is 5.75 Å². The predicted octanol–water partition coefficient (Wildman–Crippen LogP) is 3.32. The van der Waals surface area contributed by atoms with Gasteiger partial charge in [-0.15, -0.1) is 0 Å². The highest BCUT2D eigenvalue weighted by Crippen LogP contribution is 2.50. The molecule has 1 saturated carbocycles. The van der Waals surface area contributed by atoms with Gasteiger partial charge in [-0.1, -0.05) is 0 Å². The first-order chi connectivity index (χ1) is 7.13. The lowest BCUT2D eigenvalue weighted by Crippen LogP contribution is -2.05. The molecule has 0 amide bonds. The van der Waals surface area contributed by atoms with Crippen molar-refractivity contribution in [2.45, 2.75) is 25.2 Å². The van der Waals surface area contributed by atoms with Crippen molar-refractivity contribution in [1.82, 2.24) is 0 Å². The molecule has 0 unspecified atom stereocenters. The lowest BCUT2D eigenvalue weighted by Gasteiger charge is -2.13. The number of nitriles is 1.